The number of morpholine rings is 1. The zero-order valence-corrected chi connectivity index (χ0v) is 12.8. The molecule has 3 heterocycles. The summed E-state index contributed by atoms with van der Waals surface area (Å²) in [4.78, 5) is 20.1. The Morgan fingerprint density at radius 1 is 1.04 bits per heavy atom. The van der Waals surface area contributed by atoms with E-state index in [1.165, 1.54) is 0 Å². The lowest BCUT2D eigenvalue weighted by molar-refractivity contribution is 0.122. The molecule has 0 atom stereocenters. The summed E-state index contributed by atoms with van der Waals surface area (Å²) >= 11 is 0. The molecular weight excluding hydrogens is 294 g/mol. The molecular formula is C15H17N7O. The van der Waals surface area contributed by atoms with E-state index in [9.17, 15) is 0 Å². The van der Waals surface area contributed by atoms with Crippen molar-refractivity contribution in [1.82, 2.24) is 24.5 Å². The predicted molar refractivity (Wildman–Crippen MR) is 87.0 cm³/mol. The van der Waals surface area contributed by atoms with Crippen molar-refractivity contribution in [3.05, 3.63) is 30.6 Å². The van der Waals surface area contributed by atoms with E-state index in [-0.39, 0.29) is 0 Å². The molecule has 0 spiro atoms. The van der Waals surface area contributed by atoms with Gasteiger partial charge in [0, 0.05) is 20.1 Å². The lowest BCUT2D eigenvalue weighted by Gasteiger charge is -2.27. The summed E-state index contributed by atoms with van der Waals surface area (Å²) in [7, 11) is 1.80. The summed E-state index contributed by atoms with van der Waals surface area (Å²) in [6.07, 6.45) is 1.74. The molecule has 4 rings (SSSR count). The molecule has 1 saturated heterocycles. The summed E-state index contributed by atoms with van der Waals surface area (Å²) in [5, 5.41) is 3.00. The van der Waals surface area contributed by atoms with Gasteiger partial charge in [-0.15, -0.1) is 0 Å². The fraction of sp³-hybridized carbons (Fsp3) is 0.333. The molecule has 0 radical (unpaired) electrons. The maximum absolute atomic E-state index is 5.39. The number of hydrogen-bond acceptors (Lipinski definition) is 7. The van der Waals surface area contributed by atoms with Crippen LogP contribution in [0.4, 0.5) is 11.9 Å². The smallest absolute Gasteiger partial charge is 0.242 e. The monoisotopic (exact) mass is 311 g/mol. The van der Waals surface area contributed by atoms with Crippen LogP contribution in [0.5, 0.6) is 0 Å². The Balaban J connectivity index is 1.81. The number of hydrogen-bond donors (Lipinski definition) is 1. The van der Waals surface area contributed by atoms with Crippen LogP contribution in [0.2, 0.25) is 0 Å². The second-order valence-electron chi connectivity index (χ2n) is 5.21. The largest absolute Gasteiger partial charge is 0.378 e. The average Bonchev–Trinajstić information content (AvgIpc) is 3.06. The molecule has 2 aromatic heterocycles. The first-order valence-corrected chi connectivity index (χ1v) is 7.54. The highest BCUT2D eigenvalue weighted by atomic mass is 16.5. The number of fused-ring (bicyclic) bond motifs is 1. The van der Waals surface area contributed by atoms with Crippen molar-refractivity contribution in [1.29, 1.82) is 0 Å². The van der Waals surface area contributed by atoms with Gasteiger partial charge in [-0.1, -0.05) is 12.1 Å². The van der Waals surface area contributed by atoms with Crippen LogP contribution in [0.25, 0.3) is 17.0 Å². The molecule has 8 nitrogen and oxygen atoms in total. The molecule has 8 heteroatoms. The molecule has 1 aliphatic rings. The van der Waals surface area contributed by atoms with Gasteiger partial charge < -0.3 is 15.0 Å². The van der Waals surface area contributed by atoms with Crippen LogP contribution >= 0.6 is 0 Å². The molecule has 23 heavy (non-hydrogen) atoms. The fourth-order valence-corrected chi connectivity index (χ4v) is 2.60. The highest BCUT2D eigenvalue weighted by Crippen LogP contribution is 2.19. The maximum Gasteiger partial charge on any atom is 0.242 e. The van der Waals surface area contributed by atoms with E-state index in [1.807, 2.05) is 28.8 Å². The summed E-state index contributed by atoms with van der Waals surface area (Å²) in [5.41, 5.74) is 1.88. The van der Waals surface area contributed by atoms with E-state index in [1.54, 1.807) is 13.4 Å². The van der Waals surface area contributed by atoms with Gasteiger partial charge in [-0.25, -0.2) is 4.98 Å². The second-order valence-corrected chi connectivity index (χ2v) is 5.21. The standard InChI is InChI=1S/C15H17N7O/c1-16-13-18-14(21-6-8-23-9-7-21)20-15(19-13)22-10-17-11-4-2-3-5-12(11)22/h2-5,10H,6-9H2,1H3,(H,16,18,19,20). The molecule has 1 N–H and O–H groups in total. The quantitative estimate of drug-likeness (QED) is 0.775. The number of nitrogens with one attached hydrogen (secondary N) is 1. The van der Waals surface area contributed by atoms with Crippen LogP contribution in [0.1, 0.15) is 0 Å². The van der Waals surface area contributed by atoms with Crippen LogP contribution in [-0.2, 0) is 4.74 Å². The van der Waals surface area contributed by atoms with Crippen molar-refractivity contribution in [3.63, 3.8) is 0 Å². The van der Waals surface area contributed by atoms with Crippen molar-refractivity contribution in [2.45, 2.75) is 0 Å². The van der Waals surface area contributed by atoms with Gasteiger partial charge in [0.2, 0.25) is 17.8 Å². The Morgan fingerprint density at radius 2 is 1.83 bits per heavy atom. The van der Waals surface area contributed by atoms with Crippen molar-refractivity contribution >= 4 is 22.9 Å². The fourth-order valence-electron chi connectivity index (χ4n) is 2.60. The first kappa shape index (κ1) is 13.9. The van der Waals surface area contributed by atoms with Gasteiger partial charge in [-0.3, -0.25) is 4.57 Å². The van der Waals surface area contributed by atoms with E-state index >= 15 is 0 Å². The molecule has 1 aromatic carbocycles. The Labute approximate surface area is 133 Å². The lowest BCUT2D eigenvalue weighted by atomic mass is 10.3. The molecule has 0 aliphatic carbocycles. The van der Waals surface area contributed by atoms with Gasteiger partial charge in [0.15, 0.2) is 0 Å². The van der Waals surface area contributed by atoms with Crippen molar-refractivity contribution < 1.29 is 4.74 Å². The summed E-state index contributed by atoms with van der Waals surface area (Å²) in [6, 6.07) is 7.91. The van der Waals surface area contributed by atoms with Gasteiger partial charge in [0.05, 0.1) is 24.2 Å². The third-order valence-electron chi connectivity index (χ3n) is 3.80. The van der Waals surface area contributed by atoms with Crippen LogP contribution in [-0.4, -0.2) is 57.9 Å². The summed E-state index contributed by atoms with van der Waals surface area (Å²) in [5.74, 6) is 1.74. The van der Waals surface area contributed by atoms with Crippen LogP contribution in [0.15, 0.2) is 30.6 Å². The SMILES string of the molecule is CNc1nc(N2CCOCC2)nc(-n2cnc3ccccc32)n1. The Morgan fingerprint density at radius 3 is 2.65 bits per heavy atom. The minimum absolute atomic E-state index is 0.536. The molecule has 0 saturated carbocycles. The highest BCUT2D eigenvalue weighted by Gasteiger charge is 2.17. The van der Waals surface area contributed by atoms with Crippen LogP contribution < -0.4 is 10.2 Å². The number of benzene rings is 1. The van der Waals surface area contributed by atoms with Crippen LogP contribution in [0, 0.1) is 0 Å². The van der Waals surface area contributed by atoms with Gasteiger partial charge in [0.1, 0.15) is 6.33 Å². The number of ether oxygens (including phenoxy) is 1. The number of imidazole rings is 1. The minimum Gasteiger partial charge on any atom is -0.378 e. The Hall–Kier alpha value is -2.74. The van der Waals surface area contributed by atoms with E-state index in [0.29, 0.717) is 31.1 Å². The molecule has 1 aliphatic heterocycles. The normalized spacial score (nSPS) is 15.1. The number of anilines is 2. The van der Waals surface area contributed by atoms with E-state index in [4.69, 9.17) is 4.74 Å². The van der Waals surface area contributed by atoms with Gasteiger partial charge in [-0.05, 0) is 12.1 Å². The molecule has 3 aromatic rings. The summed E-state index contributed by atoms with van der Waals surface area (Å²) in [6.45, 7) is 2.92. The topological polar surface area (TPSA) is 81.0 Å². The molecule has 0 unspecified atom stereocenters. The first-order chi connectivity index (χ1) is 11.3. The molecule has 0 amide bonds. The van der Waals surface area contributed by atoms with Crippen molar-refractivity contribution in [2.24, 2.45) is 0 Å². The summed E-state index contributed by atoms with van der Waals surface area (Å²) < 4.78 is 7.27. The third-order valence-corrected chi connectivity index (χ3v) is 3.80. The zero-order valence-electron chi connectivity index (χ0n) is 12.8. The van der Waals surface area contributed by atoms with Gasteiger partial charge in [-0.2, -0.15) is 15.0 Å². The number of para-hydroxylation sites is 2. The second kappa shape index (κ2) is 5.81. The van der Waals surface area contributed by atoms with Gasteiger partial charge >= 0.3 is 0 Å². The minimum atomic E-state index is 0.536. The third kappa shape index (κ3) is 2.57. The first-order valence-electron chi connectivity index (χ1n) is 7.54. The van der Waals surface area contributed by atoms with Crippen molar-refractivity contribution in [3.8, 4) is 5.95 Å². The van der Waals surface area contributed by atoms with Gasteiger partial charge in [0.25, 0.3) is 0 Å². The van der Waals surface area contributed by atoms with E-state index in [0.717, 1.165) is 24.1 Å². The zero-order chi connectivity index (χ0) is 15.6. The van der Waals surface area contributed by atoms with E-state index < -0.39 is 0 Å². The molecule has 1 fully saturated rings. The Bertz CT molecular complexity index is 826. The molecule has 118 valence electrons. The highest BCUT2D eigenvalue weighted by molar-refractivity contribution is 5.76. The Kier molecular flexibility index (Phi) is 3.51. The average molecular weight is 311 g/mol. The van der Waals surface area contributed by atoms with Crippen LogP contribution in [0.3, 0.4) is 0 Å². The lowest BCUT2D eigenvalue weighted by Crippen LogP contribution is -2.37. The van der Waals surface area contributed by atoms with E-state index in [2.05, 4.69) is 30.2 Å². The number of rotatable bonds is 3. The van der Waals surface area contributed by atoms with Crippen molar-refractivity contribution in [2.75, 3.05) is 43.6 Å². The maximum atomic E-state index is 5.39. The molecule has 0 bridgehead atoms. The predicted octanol–water partition coefficient (Wildman–Crippen LogP) is 1.09. The number of nitrogens with zero attached hydrogens (tertiary/aromatic N) is 6. The number of aromatic nitrogens is 5.